The maximum atomic E-state index is 13.5. The van der Waals surface area contributed by atoms with Gasteiger partial charge in [0, 0.05) is 24.0 Å². The highest BCUT2D eigenvalue weighted by Crippen LogP contribution is 2.38. The molecule has 1 aliphatic heterocycles. The fourth-order valence-corrected chi connectivity index (χ4v) is 4.39. The number of hydrogen-bond donors (Lipinski definition) is 1. The fourth-order valence-electron chi connectivity index (χ4n) is 3.58. The molecular weight excluding hydrogens is 400 g/mol. The normalized spacial score (nSPS) is 16.9. The van der Waals surface area contributed by atoms with Crippen LogP contribution in [0, 0.1) is 0 Å². The Hall–Kier alpha value is -3.16. The molecule has 1 amide bonds. The Morgan fingerprint density at radius 2 is 1.97 bits per heavy atom. The molecule has 0 radical (unpaired) electrons. The number of hydrazone groups is 1. The van der Waals surface area contributed by atoms with Gasteiger partial charge in [0.15, 0.2) is 17.6 Å². The Balaban J connectivity index is 1.71. The van der Waals surface area contributed by atoms with E-state index in [2.05, 4.69) is 5.10 Å². The van der Waals surface area contributed by atoms with E-state index in [9.17, 15) is 9.90 Å². The van der Waals surface area contributed by atoms with Crippen LogP contribution < -0.4 is 4.74 Å². The average molecular weight is 423 g/mol. The first-order valence-electron chi connectivity index (χ1n) is 9.51. The minimum Gasteiger partial charge on any atom is -0.504 e. The van der Waals surface area contributed by atoms with Gasteiger partial charge < -0.3 is 14.6 Å². The highest BCUT2D eigenvalue weighted by molar-refractivity contribution is 7.10. The fraction of sp³-hybridized carbons (Fsp3) is 0.217. The van der Waals surface area contributed by atoms with E-state index < -0.39 is 6.10 Å². The summed E-state index contributed by atoms with van der Waals surface area (Å²) in [7, 11) is 3.03. The zero-order chi connectivity index (χ0) is 21.1. The summed E-state index contributed by atoms with van der Waals surface area (Å²) in [4.78, 5) is 14.5. The second-order valence-electron chi connectivity index (χ2n) is 6.88. The maximum absolute atomic E-state index is 13.5. The zero-order valence-corrected chi connectivity index (χ0v) is 17.5. The Morgan fingerprint density at radius 3 is 2.63 bits per heavy atom. The summed E-state index contributed by atoms with van der Waals surface area (Å²) in [5, 5.41) is 18.1. The minimum atomic E-state index is -0.744. The number of phenolic OH excluding ortho intramolecular Hbond substituents is 1. The number of amides is 1. The Kier molecular flexibility index (Phi) is 5.83. The molecule has 0 spiro atoms. The van der Waals surface area contributed by atoms with E-state index >= 15 is 0 Å². The second kappa shape index (κ2) is 8.69. The third-order valence-electron chi connectivity index (χ3n) is 5.08. The van der Waals surface area contributed by atoms with Crippen LogP contribution in [0.25, 0.3) is 0 Å². The number of aromatic hydroxyl groups is 1. The van der Waals surface area contributed by atoms with Gasteiger partial charge in [-0.2, -0.15) is 5.10 Å². The van der Waals surface area contributed by atoms with Crippen LogP contribution >= 0.6 is 11.3 Å². The Labute approximate surface area is 179 Å². The lowest BCUT2D eigenvalue weighted by Gasteiger charge is -2.25. The van der Waals surface area contributed by atoms with E-state index in [4.69, 9.17) is 9.47 Å². The van der Waals surface area contributed by atoms with Crippen LogP contribution in [-0.2, 0) is 9.53 Å². The highest BCUT2D eigenvalue weighted by atomic mass is 32.1. The average Bonchev–Trinajstić information content (AvgIpc) is 3.45. The van der Waals surface area contributed by atoms with Crippen LogP contribution in [-0.4, -0.2) is 36.0 Å². The summed E-state index contributed by atoms with van der Waals surface area (Å²) in [6, 6.07) is 18.3. The molecule has 0 saturated carbocycles. The molecule has 1 aliphatic rings. The molecule has 0 saturated heterocycles. The van der Waals surface area contributed by atoms with Crippen molar-refractivity contribution in [3.63, 3.8) is 0 Å². The number of rotatable bonds is 6. The first-order valence-corrected chi connectivity index (χ1v) is 10.4. The van der Waals surface area contributed by atoms with Crippen molar-refractivity contribution in [1.82, 2.24) is 5.01 Å². The van der Waals surface area contributed by atoms with E-state index in [0.717, 1.165) is 21.7 Å². The minimum absolute atomic E-state index is 0.0612. The van der Waals surface area contributed by atoms with Gasteiger partial charge >= 0.3 is 0 Å². The van der Waals surface area contributed by atoms with Crippen molar-refractivity contribution in [1.29, 1.82) is 0 Å². The number of thiophene rings is 1. The molecule has 7 heteroatoms. The predicted octanol–water partition coefficient (Wildman–Crippen LogP) is 4.53. The molecule has 2 atom stereocenters. The lowest BCUT2D eigenvalue weighted by molar-refractivity contribution is -0.144. The van der Waals surface area contributed by atoms with Crippen LogP contribution in [0.5, 0.6) is 11.5 Å². The second-order valence-corrected chi connectivity index (χ2v) is 7.86. The Bertz CT molecular complexity index is 1050. The van der Waals surface area contributed by atoms with Crippen molar-refractivity contribution in [3.05, 3.63) is 82.0 Å². The molecule has 1 N–H and O–H groups in total. The third kappa shape index (κ3) is 3.81. The van der Waals surface area contributed by atoms with E-state index in [1.54, 1.807) is 29.5 Å². The lowest BCUT2D eigenvalue weighted by Crippen LogP contribution is -2.32. The van der Waals surface area contributed by atoms with Crippen LogP contribution in [0.2, 0.25) is 0 Å². The number of phenols is 1. The summed E-state index contributed by atoms with van der Waals surface area (Å²) in [6.07, 6.45) is -0.183. The molecule has 0 bridgehead atoms. The number of carbonyl (C=O) groups is 1. The van der Waals surface area contributed by atoms with E-state index in [1.165, 1.54) is 19.2 Å². The number of hydrogen-bond acceptors (Lipinski definition) is 6. The smallest absolute Gasteiger partial charge is 0.277 e. The molecule has 6 nitrogen and oxygen atoms in total. The van der Waals surface area contributed by atoms with Crippen LogP contribution in [0.3, 0.4) is 0 Å². The molecule has 2 heterocycles. The van der Waals surface area contributed by atoms with Gasteiger partial charge in [0.2, 0.25) is 0 Å². The predicted molar refractivity (Wildman–Crippen MR) is 116 cm³/mol. The molecule has 3 aromatic rings. The van der Waals surface area contributed by atoms with Gasteiger partial charge in [-0.1, -0.05) is 36.4 Å². The molecule has 4 rings (SSSR count). The summed E-state index contributed by atoms with van der Waals surface area (Å²) < 4.78 is 10.8. The summed E-state index contributed by atoms with van der Waals surface area (Å²) in [5.41, 5.74) is 2.34. The van der Waals surface area contributed by atoms with Gasteiger partial charge in [0.25, 0.3) is 5.91 Å². The van der Waals surface area contributed by atoms with Gasteiger partial charge in [-0.15, -0.1) is 11.3 Å². The van der Waals surface area contributed by atoms with Gasteiger partial charge in [-0.25, -0.2) is 5.01 Å². The van der Waals surface area contributed by atoms with Crippen molar-refractivity contribution in [2.45, 2.75) is 18.6 Å². The van der Waals surface area contributed by atoms with Gasteiger partial charge in [-0.05, 0) is 35.2 Å². The molecular formula is C23H22N2O4S. The Morgan fingerprint density at radius 1 is 1.17 bits per heavy atom. The molecule has 0 aliphatic carbocycles. The molecule has 2 aromatic carbocycles. The van der Waals surface area contributed by atoms with Crippen LogP contribution in [0.1, 0.15) is 34.6 Å². The van der Waals surface area contributed by atoms with Crippen molar-refractivity contribution in [2.24, 2.45) is 5.10 Å². The number of benzene rings is 2. The highest BCUT2D eigenvalue weighted by Gasteiger charge is 2.37. The van der Waals surface area contributed by atoms with Crippen LogP contribution in [0.4, 0.5) is 0 Å². The van der Waals surface area contributed by atoms with Crippen molar-refractivity contribution in [3.8, 4) is 11.5 Å². The third-order valence-corrected chi connectivity index (χ3v) is 6.06. The summed E-state index contributed by atoms with van der Waals surface area (Å²) in [6.45, 7) is 0. The molecule has 154 valence electrons. The van der Waals surface area contributed by atoms with Crippen LogP contribution in [0.15, 0.2) is 71.1 Å². The SMILES string of the molecule is COc1cc(C2=NN(C(=O)[C@H](OC)c3ccccc3)[C@H](c3cccs3)C2)ccc1O. The first kappa shape index (κ1) is 20.1. The molecule has 1 aromatic heterocycles. The van der Waals surface area contributed by atoms with Gasteiger partial charge in [0.05, 0.1) is 18.9 Å². The number of nitrogens with zero attached hydrogens (tertiary/aromatic N) is 2. The monoisotopic (exact) mass is 422 g/mol. The number of methoxy groups -OCH3 is 2. The van der Waals surface area contributed by atoms with E-state index in [1.807, 2.05) is 47.8 Å². The topological polar surface area (TPSA) is 71.4 Å². The van der Waals surface area contributed by atoms with Crippen molar-refractivity contribution in [2.75, 3.05) is 14.2 Å². The molecule has 0 fully saturated rings. The summed E-state index contributed by atoms with van der Waals surface area (Å²) >= 11 is 1.59. The number of ether oxygens (including phenoxy) is 2. The van der Waals surface area contributed by atoms with E-state index in [0.29, 0.717) is 12.2 Å². The summed E-state index contributed by atoms with van der Waals surface area (Å²) in [5.74, 6) is 0.209. The largest absolute Gasteiger partial charge is 0.504 e. The first-order chi connectivity index (χ1) is 14.6. The van der Waals surface area contributed by atoms with Gasteiger partial charge in [0.1, 0.15) is 0 Å². The van der Waals surface area contributed by atoms with Gasteiger partial charge in [-0.3, -0.25) is 4.79 Å². The molecule has 30 heavy (non-hydrogen) atoms. The van der Waals surface area contributed by atoms with E-state index in [-0.39, 0.29) is 17.7 Å². The molecule has 0 unspecified atom stereocenters. The quantitative estimate of drug-likeness (QED) is 0.634. The standard InChI is InChI=1S/C23H22N2O4S/c1-28-20-13-16(10-11-19(20)26)17-14-18(21-9-6-12-30-21)25(24-17)23(27)22(29-2)15-7-4-3-5-8-15/h3-13,18,22,26H,14H2,1-2H3/t18-,22+/m0/s1. The number of carbonyl (C=O) groups excluding carboxylic acids is 1. The van der Waals surface area contributed by atoms with Crippen molar-refractivity contribution < 1.29 is 19.4 Å². The van der Waals surface area contributed by atoms with Crippen molar-refractivity contribution >= 4 is 23.0 Å². The maximum Gasteiger partial charge on any atom is 0.277 e. The zero-order valence-electron chi connectivity index (χ0n) is 16.7. The lowest BCUT2D eigenvalue weighted by atomic mass is 10.0.